The molecule has 0 unspecified atom stereocenters. The molecule has 0 saturated carbocycles. The maximum Gasteiger partial charge on any atom is 0.259 e. The van der Waals surface area contributed by atoms with Gasteiger partial charge in [-0.1, -0.05) is 16.8 Å². The lowest BCUT2D eigenvalue weighted by molar-refractivity contribution is 0.0958. The van der Waals surface area contributed by atoms with E-state index in [9.17, 15) is 9.18 Å². The molecule has 1 aliphatic rings. The van der Waals surface area contributed by atoms with Crippen molar-refractivity contribution in [1.29, 1.82) is 0 Å². The molecule has 27 heavy (non-hydrogen) atoms. The zero-order chi connectivity index (χ0) is 18.8. The second kappa shape index (κ2) is 7.28. The minimum Gasteiger partial charge on any atom is -0.348 e. The second-order valence-corrected chi connectivity index (χ2v) is 6.51. The lowest BCUT2D eigenvalue weighted by Gasteiger charge is -2.15. The molecule has 0 saturated heterocycles. The molecule has 0 atom stereocenters. The van der Waals surface area contributed by atoms with E-state index in [0.29, 0.717) is 40.2 Å². The maximum atomic E-state index is 13.2. The van der Waals surface area contributed by atoms with Crippen LogP contribution in [0.15, 0.2) is 46.5 Å². The fourth-order valence-electron chi connectivity index (χ4n) is 3.16. The fourth-order valence-corrected chi connectivity index (χ4v) is 3.16. The molecule has 2 N–H and O–H groups in total. The molecular formula is C20H19FN4O2. The van der Waals surface area contributed by atoms with Crippen LogP contribution in [0.4, 0.5) is 4.39 Å². The van der Waals surface area contributed by atoms with E-state index < -0.39 is 0 Å². The van der Waals surface area contributed by atoms with Gasteiger partial charge in [0.15, 0.2) is 0 Å². The first-order valence-corrected chi connectivity index (χ1v) is 8.81. The molecule has 0 bridgehead atoms. The minimum absolute atomic E-state index is 0.212. The van der Waals surface area contributed by atoms with Crippen LogP contribution in [0.2, 0.25) is 0 Å². The summed E-state index contributed by atoms with van der Waals surface area (Å²) in [5, 5.41) is 10.8. The highest BCUT2D eigenvalue weighted by molar-refractivity contribution is 6.07. The lowest BCUT2D eigenvalue weighted by atomic mass is 10.0. The highest BCUT2D eigenvalue weighted by Gasteiger charge is 2.19. The van der Waals surface area contributed by atoms with Gasteiger partial charge in [-0.25, -0.2) is 9.37 Å². The van der Waals surface area contributed by atoms with Gasteiger partial charge in [0, 0.05) is 18.7 Å². The van der Waals surface area contributed by atoms with Gasteiger partial charge in [0.2, 0.25) is 0 Å². The zero-order valence-corrected chi connectivity index (χ0v) is 14.9. The summed E-state index contributed by atoms with van der Waals surface area (Å²) in [6, 6.07) is 7.65. The summed E-state index contributed by atoms with van der Waals surface area (Å²) >= 11 is 0. The Hall–Kier alpha value is -3.06. The summed E-state index contributed by atoms with van der Waals surface area (Å²) in [5.74, 6) is -0.542. The van der Waals surface area contributed by atoms with Crippen LogP contribution >= 0.6 is 0 Å². The molecule has 4 rings (SSSR count). The first-order chi connectivity index (χ1) is 13.1. The Morgan fingerprint density at radius 1 is 1.33 bits per heavy atom. The first kappa shape index (κ1) is 17.4. The number of hydrogen-bond acceptors (Lipinski definition) is 5. The molecule has 7 heteroatoms. The topological polar surface area (TPSA) is 80.0 Å². The van der Waals surface area contributed by atoms with Crippen LogP contribution in [-0.2, 0) is 0 Å². The van der Waals surface area contributed by atoms with Gasteiger partial charge >= 0.3 is 0 Å². The quantitative estimate of drug-likeness (QED) is 0.694. The van der Waals surface area contributed by atoms with E-state index >= 15 is 0 Å². The van der Waals surface area contributed by atoms with Gasteiger partial charge in [0.05, 0.1) is 22.3 Å². The van der Waals surface area contributed by atoms with Gasteiger partial charge < -0.3 is 15.2 Å². The Morgan fingerprint density at radius 2 is 2.15 bits per heavy atom. The maximum absolute atomic E-state index is 13.2. The Kier molecular flexibility index (Phi) is 4.68. The molecule has 1 aromatic carbocycles. The van der Waals surface area contributed by atoms with Gasteiger partial charge in [-0.2, -0.15) is 0 Å². The molecule has 3 aromatic rings. The molecule has 1 amide bonds. The van der Waals surface area contributed by atoms with Crippen LogP contribution < -0.4 is 10.6 Å². The highest BCUT2D eigenvalue weighted by Crippen LogP contribution is 2.27. The Labute approximate surface area is 155 Å². The van der Waals surface area contributed by atoms with E-state index in [2.05, 4.69) is 26.9 Å². The summed E-state index contributed by atoms with van der Waals surface area (Å²) in [7, 11) is 0. The van der Waals surface area contributed by atoms with E-state index in [0.717, 1.165) is 19.5 Å². The standard InChI is InChI=1S/C20H19FN4O2/c1-12-18-16(19(26)23-11-13-6-8-22-9-7-13)10-17(24-20(18)27-25-12)14-2-4-15(21)5-3-14/h2-6,10,22H,7-9,11H2,1H3,(H,23,26). The molecule has 0 fully saturated rings. The molecular weight excluding hydrogens is 347 g/mol. The van der Waals surface area contributed by atoms with Gasteiger partial charge in [0.25, 0.3) is 11.6 Å². The van der Waals surface area contributed by atoms with E-state index in [1.54, 1.807) is 25.1 Å². The predicted octanol–water partition coefficient (Wildman–Crippen LogP) is 2.99. The predicted molar refractivity (Wildman–Crippen MR) is 99.8 cm³/mol. The van der Waals surface area contributed by atoms with Crippen LogP contribution in [0.5, 0.6) is 0 Å². The number of benzene rings is 1. The van der Waals surface area contributed by atoms with E-state index in [1.807, 2.05) is 0 Å². The summed E-state index contributed by atoms with van der Waals surface area (Å²) < 4.78 is 18.5. The number of pyridine rings is 1. The molecule has 1 aliphatic heterocycles. The third-order valence-corrected chi connectivity index (χ3v) is 4.64. The average Bonchev–Trinajstić information content (AvgIpc) is 3.08. The number of hydrogen-bond donors (Lipinski definition) is 2. The number of aryl methyl sites for hydroxylation is 1. The summed E-state index contributed by atoms with van der Waals surface area (Å²) in [5.41, 5.74) is 3.78. The molecule has 138 valence electrons. The van der Waals surface area contributed by atoms with Crippen molar-refractivity contribution in [3.05, 3.63) is 59.1 Å². The number of carbonyl (C=O) groups is 1. The zero-order valence-electron chi connectivity index (χ0n) is 14.9. The van der Waals surface area contributed by atoms with Crippen molar-refractivity contribution in [2.24, 2.45) is 0 Å². The average molecular weight is 366 g/mol. The highest BCUT2D eigenvalue weighted by atomic mass is 19.1. The molecule has 0 aliphatic carbocycles. The number of halogens is 1. The van der Waals surface area contributed by atoms with Crippen molar-refractivity contribution < 1.29 is 13.7 Å². The Bertz CT molecular complexity index is 1020. The number of nitrogens with one attached hydrogen (secondary N) is 2. The SMILES string of the molecule is Cc1noc2nc(-c3ccc(F)cc3)cc(C(=O)NCC3=CCNCC3)c12. The number of nitrogens with zero attached hydrogens (tertiary/aromatic N) is 2. The third-order valence-electron chi connectivity index (χ3n) is 4.64. The number of fused-ring (bicyclic) bond motifs is 1. The summed E-state index contributed by atoms with van der Waals surface area (Å²) in [4.78, 5) is 17.3. The normalized spacial score (nSPS) is 14.2. The van der Waals surface area contributed by atoms with Crippen molar-refractivity contribution >= 4 is 17.0 Å². The van der Waals surface area contributed by atoms with Gasteiger partial charge in [-0.15, -0.1) is 0 Å². The largest absolute Gasteiger partial charge is 0.348 e. The molecule has 0 radical (unpaired) electrons. The van der Waals surface area contributed by atoms with Gasteiger partial charge in [0.1, 0.15) is 5.82 Å². The van der Waals surface area contributed by atoms with Crippen molar-refractivity contribution in [2.75, 3.05) is 19.6 Å². The minimum atomic E-state index is -0.330. The van der Waals surface area contributed by atoms with E-state index in [1.165, 1.54) is 17.7 Å². The van der Waals surface area contributed by atoms with Crippen molar-refractivity contribution in [3.63, 3.8) is 0 Å². The van der Waals surface area contributed by atoms with Gasteiger partial charge in [-0.3, -0.25) is 4.79 Å². The van der Waals surface area contributed by atoms with Crippen LogP contribution in [0.25, 0.3) is 22.4 Å². The van der Waals surface area contributed by atoms with E-state index in [4.69, 9.17) is 4.52 Å². The van der Waals surface area contributed by atoms with Crippen molar-refractivity contribution in [3.8, 4) is 11.3 Å². The van der Waals surface area contributed by atoms with Crippen molar-refractivity contribution in [2.45, 2.75) is 13.3 Å². The second-order valence-electron chi connectivity index (χ2n) is 6.51. The van der Waals surface area contributed by atoms with Gasteiger partial charge in [-0.05, 0) is 50.2 Å². The van der Waals surface area contributed by atoms with Crippen LogP contribution in [0, 0.1) is 12.7 Å². The molecule has 6 nitrogen and oxygen atoms in total. The van der Waals surface area contributed by atoms with Crippen molar-refractivity contribution in [1.82, 2.24) is 20.8 Å². The molecule has 2 aromatic heterocycles. The van der Waals surface area contributed by atoms with E-state index in [-0.39, 0.29) is 11.7 Å². The van der Waals surface area contributed by atoms with Crippen LogP contribution in [-0.4, -0.2) is 35.7 Å². The van der Waals surface area contributed by atoms with Crippen LogP contribution in [0.1, 0.15) is 22.5 Å². The number of carbonyl (C=O) groups excluding carboxylic acids is 1. The molecule has 0 spiro atoms. The number of rotatable bonds is 4. The fraction of sp³-hybridized carbons (Fsp3) is 0.250. The Morgan fingerprint density at radius 3 is 2.89 bits per heavy atom. The monoisotopic (exact) mass is 366 g/mol. The molecule has 3 heterocycles. The number of aromatic nitrogens is 2. The number of amides is 1. The summed E-state index contributed by atoms with van der Waals surface area (Å²) in [6.45, 7) is 4.02. The third kappa shape index (κ3) is 3.59. The summed E-state index contributed by atoms with van der Waals surface area (Å²) in [6.07, 6.45) is 3.01. The first-order valence-electron chi connectivity index (χ1n) is 8.81. The lowest BCUT2D eigenvalue weighted by Crippen LogP contribution is -2.29. The smallest absolute Gasteiger partial charge is 0.259 e. The van der Waals surface area contributed by atoms with Crippen LogP contribution in [0.3, 0.4) is 0 Å². The Balaban J connectivity index is 1.69.